The Labute approximate surface area is 198 Å². The summed E-state index contributed by atoms with van der Waals surface area (Å²) in [7, 11) is -1.72. The van der Waals surface area contributed by atoms with E-state index in [-0.39, 0.29) is 30.5 Å². The summed E-state index contributed by atoms with van der Waals surface area (Å²) in [6.07, 6.45) is 1.43. The molecule has 1 aliphatic heterocycles. The van der Waals surface area contributed by atoms with Crippen molar-refractivity contribution >= 4 is 32.7 Å². The predicted octanol–water partition coefficient (Wildman–Crippen LogP) is 1.50. The normalized spacial score (nSPS) is 14.4. The Morgan fingerprint density at radius 2 is 1.65 bits per heavy atom. The van der Waals surface area contributed by atoms with Crippen molar-refractivity contribution in [3.05, 3.63) is 59.9 Å². The molecule has 0 radical (unpaired) electrons. The monoisotopic (exact) mass is 484 g/mol. The third kappa shape index (κ3) is 5.56. The zero-order chi connectivity index (χ0) is 24.3. The Morgan fingerprint density at radius 1 is 0.971 bits per heavy atom. The van der Waals surface area contributed by atoms with Gasteiger partial charge >= 0.3 is 0 Å². The van der Waals surface area contributed by atoms with Crippen LogP contribution in [0.5, 0.6) is 5.75 Å². The Morgan fingerprint density at radius 3 is 2.32 bits per heavy atom. The highest BCUT2D eigenvalue weighted by Crippen LogP contribution is 2.19. The second-order valence-corrected chi connectivity index (χ2v) is 10.6. The van der Waals surface area contributed by atoms with Crippen LogP contribution in [0.25, 0.3) is 11.0 Å². The first-order valence-electron chi connectivity index (χ1n) is 11.0. The average Bonchev–Trinajstić information content (AvgIpc) is 3.14. The summed E-state index contributed by atoms with van der Waals surface area (Å²) in [5.74, 6) is 0.711. The van der Waals surface area contributed by atoms with Crippen molar-refractivity contribution in [1.82, 2.24) is 19.4 Å². The van der Waals surface area contributed by atoms with Crippen LogP contribution < -0.4 is 4.74 Å². The first kappa shape index (κ1) is 23.7. The fourth-order valence-electron chi connectivity index (χ4n) is 4.16. The number of imidazole rings is 1. The Bertz CT molecular complexity index is 1310. The lowest BCUT2D eigenvalue weighted by Gasteiger charge is -2.35. The Kier molecular flexibility index (Phi) is 6.87. The highest BCUT2D eigenvalue weighted by atomic mass is 32.2. The van der Waals surface area contributed by atoms with Crippen LogP contribution in [0.3, 0.4) is 0 Å². The van der Waals surface area contributed by atoms with Gasteiger partial charge in [0.15, 0.2) is 9.84 Å². The minimum Gasteiger partial charge on any atom is -0.497 e. The van der Waals surface area contributed by atoms with Gasteiger partial charge in [0.25, 0.3) is 0 Å². The van der Waals surface area contributed by atoms with E-state index in [1.807, 2.05) is 42.5 Å². The Hall–Kier alpha value is -3.40. The van der Waals surface area contributed by atoms with E-state index in [0.29, 0.717) is 43.3 Å². The molecule has 1 fully saturated rings. The summed E-state index contributed by atoms with van der Waals surface area (Å²) in [6.45, 7) is 1.77. The highest BCUT2D eigenvalue weighted by molar-refractivity contribution is 7.89. The van der Waals surface area contributed by atoms with E-state index >= 15 is 0 Å². The zero-order valence-electron chi connectivity index (χ0n) is 19.3. The van der Waals surface area contributed by atoms with Crippen molar-refractivity contribution in [2.24, 2.45) is 0 Å². The first-order valence-corrected chi connectivity index (χ1v) is 13.1. The third-order valence-electron chi connectivity index (χ3n) is 5.89. The standard InChI is InChI=1S/C24H28N4O5S/c1-33-19-7-5-6-18(14-19)15-23(29)26-10-12-27(13-11-26)24(30)16-28-21-9-4-3-8-20(21)25-22(28)17-34(2,31)32/h3-9,14H,10-13,15-17H2,1-2H3. The van der Waals surface area contributed by atoms with E-state index in [9.17, 15) is 18.0 Å². The number of sulfone groups is 1. The molecular formula is C24H28N4O5S. The summed E-state index contributed by atoms with van der Waals surface area (Å²) in [6, 6.07) is 14.7. The number of ether oxygens (including phenoxy) is 1. The Balaban J connectivity index is 1.40. The van der Waals surface area contributed by atoms with Crippen LogP contribution in [-0.2, 0) is 38.1 Å². The quantitative estimate of drug-likeness (QED) is 0.504. The number of hydrogen-bond acceptors (Lipinski definition) is 6. The fraction of sp³-hybridized carbons (Fsp3) is 0.375. The maximum atomic E-state index is 13.1. The van der Waals surface area contributed by atoms with Gasteiger partial charge in [0, 0.05) is 32.4 Å². The lowest BCUT2D eigenvalue weighted by Crippen LogP contribution is -2.51. The lowest BCUT2D eigenvalue weighted by atomic mass is 10.1. The second kappa shape index (κ2) is 9.84. The molecule has 0 aliphatic carbocycles. The number of rotatable bonds is 7. The van der Waals surface area contributed by atoms with Gasteiger partial charge in [-0.3, -0.25) is 9.59 Å². The van der Waals surface area contributed by atoms with E-state index in [0.717, 1.165) is 17.3 Å². The van der Waals surface area contributed by atoms with Gasteiger partial charge in [-0.15, -0.1) is 0 Å². The largest absolute Gasteiger partial charge is 0.497 e. The molecule has 34 heavy (non-hydrogen) atoms. The molecule has 1 aliphatic rings. The van der Waals surface area contributed by atoms with Gasteiger partial charge < -0.3 is 19.1 Å². The van der Waals surface area contributed by atoms with Gasteiger partial charge in [-0.25, -0.2) is 13.4 Å². The minimum absolute atomic E-state index is 0.00310. The number of hydrogen-bond donors (Lipinski definition) is 0. The van der Waals surface area contributed by atoms with Gasteiger partial charge in [-0.1, -0.05) is 24.3 Å². The number of aromatic nitrogens is 2. The molecule has 0 saturated carbocycles. The van der Waals surface area contributed by atoms with Gasteiger partial charge in [0.1, 0.15) is 23.9 Å². The first-order chi connectivity index (χ1) is 16.2. The number of benzene rings is 2. The van der Waals surface area contributed by atoms with Crippen LogP contribution in [0.2, 0.25) is 0 Å². The van der Waals surface area contributed by atoms with Gasteiger partial charge in [-0.2, -0.15) is 0 Å². The number of fused-ring (bicyclic) bond motifs is 1. The molecule has 2 amide bonds. The molecule has 0 bridgehead atoms. The lowest BCUT2D eigenvalue weighted by molar-refractivity contribution is -0.139. The predicted molar refractivity (Wildman–Crippen MR) is 128 cm³/mol. The van der Waals surface area contributed by atoms with Crippen molar-refractivity contribution in [1.29, 1.82) is 0 Å². The number of para-hydroxylation sites is 2. The zero-order valence-corrected chi connectivity index (χ0v) is 20.1. The fourth-order valence-corrected chi connectivity index (χ4v) is 4.85. The van der Waals surface area contributed by atoms with Crippen LogP contribution in [0.15, 0.2) is 48.5 Å². The number of nitrogens with zero attached hydrogens (tertiary/aromatic N) is 4. The van der Waals surface area contributed by atoms with Crippen LogP contribution in [0.4, 0.5) is 0 Å². The molecule has 180 valence electrons. The third-order valence-corrected chi connectivity index (χ3v) is 6.68. The van der Waals surface area contributed by atoms with Crippen molar-refractivity contribution in [2.75, 3.05) is 39.5 Å². The number of carbonyl (C=O) groups excluding carboxylic acids is 2. The van der Waals surface area contributed by atoms with E-state index in [2.05, 4.69) is 4.98 Å². The molecule has 0 atom stereocenters. The molecule has 4 rings (SSSR count). The maximum absolute atomic E-state index is 13.1. The second-order valence-electron chi connectivity index (χ2n) is 8.46. The van der Waals surface area contributed by atoms with Gasteiger partial charge in [-0.05, 0) is 29.8 Å². The SMILES string of the molecule is COc1cccc(CC(=O)N2CCN(C(=O)Cn3c(CS(C)(=O)=O)nc4ccccc43)CC2)c1. The molecule has 2 heterocycles. The van der Waals surface area contributed by atoms with E-state index in [1.54, 1.807) is 27.5 Å². The summed E-state index contributed by atoms with van der Waals surface area (Å²) >= 11 is 0. The maximum Gasteiger partial charge on any atom is 0.242 e. The molecule has 1 aromatic heterocycles. The number of amides is 2. The van der Waals surface area contributed by atoms with Crippen LogP contribution >= 0.6 is 0 Å². The highest BCUT2D eigenvalue weighted by Gasteiger charge is 2.26. The molecule has 3 aromatic rings. The molecule has 9 nitrogen and oxygen atoms in total. The van der Waals surface area contributed by atoms with Crippen LogP contribution in [0.1, 0.15) is 11.4 Å². The van der Waals surface area contributed by atoms with E-state index < -0.39 is 9.84 Å². The average molecular weight is 485 g/mol. The van der Waals surface area contributed by atoms with Crippen molar-refractivity contribution in [3.8, 4) is 5.75 Å². The molecule has 0 N–H and O–H groups in total. The number of carbonyl (C=O) groups is 2. The molecular weight excluding hydrogens is 456 g/mol. The summed E-state index contributed by atoms with van der Waals surface area (Å²) in [4.78, 5) is 33.7. The summed E-state index contributed by atoms with van der Waals surface area (Å²) in [5.41, 5.74) is 2.26. The van der Waals surface area contributed by atoms with Crippen LogP contribution in [0, 0.1) is 0 Å². The van der Waals surface area contributed by atoms with Crippen molar-refractivity contribution < 1.29 is 22.7 Å². The van der Waals surface area contributed by atoms with Crippen molar-refractivity contribution in [2.45, 2.75) is 18.7 Å². The van der Waals surface area contributed by atoms with Gasteiger partial charge in [0.05, 0.1) is 24.6 Å². The number of methoxy groups -OCH3 is 1. The smallest absolute Gasteiger partial charge is 0.242 e. The summed E-state index contributed by atoms with van der Waals surface area (Å²) < 4.78 is 30.7. The molecule has 1 saturated heterocycles. The molecule has 2 aromatic carbocycles. The number of piperazine rings is 1. The minimum atomic E-state index is -3.32. The molecule has 0 unspecified atom stereocenters. The van der Waals surface area contributed by atoms with Crippen LogP contribution in [-0.4, -0.2) is 79.1 Å². The molecule has 0 spiro atoms. The summed E-state index contributed by atoms with van der Waals surface area (Å²) in [5, 5.41) is 0. The van der Waals surface area contributed by atoms with Crippen molar-refractivity contribution in [3.63, 3.8) is 0 Å². The van der Waals surface area contributed by atoms with E-state index in [4.69, 9.17) is 4.74 Å². The topological polar surface area (TPSA) is 102 Å². The van der Waals surface area contributed by atoms with E-state index in [1.165, 1.54) is 0 Å². The molecule has 10 heteroatoms. The van der Waals surface area contributed by atoms with Gasteiger partial charge in [0.2, 0.25) is 11.8 Å².